The highest BCUT2D eigenvalue weighted by atomic mass is 79.9. The van der Waals surface area contributed by atoms with E-state index in [9.17, 15) is 4.79 Å². The third-order valence-corrected chi connectivity index (χ3v) is 4.76. The topological polar surface area (TPSA) is 52.9 Å². The first kappa shape index (κ1) is 14.3. The smallest absolute Gasteiger partial charge is 0.262 e. The zero-order valence-corrected chi connectivity index (χ0v) is 12.9. The number of nitriles is 1. The lowest BCUT2D eigenvalue weighted by atomic mass is 9.95. The molecule has 1 aliphatic rings. The van der Waals surface area contributed by atoms with E-state index in [1.807, 2.05) is 18.2 Å². The number of amides is 1. The number of thiophene rings is 1. The van der Waals surface area contributed by atoms with E-state index >= 15 is 0 Å². The molecule has 1 aliphatic carbocycles. The molecule has 2 rings (SSSR count). The van der Waals surface area contributed by atoms with Gasteiger partial charge in [0.2, 0.25) is 0 Å². The minimum atomic E-state index is -0.251. The molecule has 0 saturated heterocycles. The molecule has 0 unspecified atom stereocenters. The summed E-state index contributed by atoms with van der Waals surface area (Å²) in [4.78, 5) is 12.9. The molecule has 0 aliphatic heterocycles. The van der Waals surface area contributed by atoms with E-state index in [0.717, 1.165) is 34.3 Å². The second-order valence-electron chi connectivity index (χ2n) is 4.62. The molecular formula is C14H15BrN2OS. The van der Waals surface area contributed by atoms with E-state index in [-0.39, 0.29) is 17.5 Å². The van der Waals surface area contributed by atoms with Gasteiger partial charge in [-0.2, -0.15) is 5.26 Å². The molecule has 0 bridgehead atoms. The maximum absolute atomic E-state index is 12.0. The predicted octanol–water partition coefficient (Wildman–Crippen LogP) is 3.87. The number of carbonyl (C=O) groups excluding carboxylic acids is 1. The Bertz CT molecular complexity index is 524. The molecule has 0 radical (unpaired) electrons. The van der Waals surface area contributed by atoms with Gasteiger partial charge in [0, 0.05) is 10.9 Å². The summed E-state index contributed by atoms with van der Waals surface area (Å²) < 4.78 is 0.990. The molecule has 0 aromatic carbocycles. The van der Waals surface area contributed by atoms with Crippen molar-refractivity contribution in [2.24, 2.45) is 0 Å². The monoisotopic (exact) mass is 338 g/mol. The Morgan fingerprint density at radius 3 is 2.74 bits per heavy atom. The van der Waals surface area contributed by atoms with Crippen molar-refractivity contribution in [1.29, 1.82) is 5.26 Å². The number of nitrogens with one attached hydrogen (secondary N) is 1. The van der Waals surface area contributed by atoms with Crippen LogP contribution in [0.3, 0.4) is 0 Å². The number of halogens is 1. The Labute approximate surface area is 125 Å². The molecule has 1 N–H and O–H groups in total. The van der Waals surface area contributed by atoms with Gasteiger partial charge in [-0.1, -0.05) is 19.3 Å². The molecule has 19 heavy (non-hydrogen) atoms. The zero-order valence-electron chi connectivity index (χ0n) is 10.5. The van der Waals surface area contributed by atoms with Crippen LogP contribution >= 0.6 is 27.3 Å². The molecule has 1 aromatic heterocycles. The van der Waals surface area contributed by atoms with Gasteiger partial charge in [0.05, 0.1) is 3.79 Å². The van der Waals surface area contributed by atoms with Gasteiger partial charge in [-0.05, 0) is 47.0 Å². The van der Waals surface area contributed by atoms with Crippen molar-refractivity contribution < 1.29 is 4.79 Å². The van der Waals surface area contributed by atoms with Gasteiger partial charge >= 0.3 is 0 Å². The van der Waals surface area contributed by atoms with E-state index < -0.39 is 0 Å². The van der Waals surface area contributed by atoms with Crippen LogP contribution in [0.15, 0.2) is 21.5 Å². The van der Waals surface area contributed by atoms with Crippen LogP contribution in [0.25, 0.3) is 6.08 Å². The van der Waals surface area contributed by atoms with Gasteiger partial charge in [-0.3, -0.25) is 4.79 Å². The summed E-state index contributed by atoms with van der Waals surface area (Å²) >= 11 is 4.87. The minimum Gasteiger partial charge on any atom is -0.349 e. The first-order chi connectivity index (χ1) is 9.19. The number of rotatable bonds is 3. The van der Waals surface area contributed by atoms with Gasteiger partial charge in [-0.15, -0.1) is 11.3 Å². The van der Waals surface area contributed by atoms with Gasteiger partial charge in [0.15, 0.2) is 0 Å². The van der Waals surface area contributed by atoms with Crippen LogP contribution in [0.2, 0.25) is 0 Å². The maximum atomic E-state index is 12.0. The van der Waals surface area contributed by atoms with Crippen LogP contribution in [0.1, 0.15) is 37.0 Å². The average Bonchev–Trinajstić information content (AvgIpc) is 2.82. The molecule has 1 aromatic rings. The summed E-state index contributed by atoms with van der Waals surface area (Å²) in [5, 5.41) is 12.1. The van der Waals surface area contributed by atoms with Crippen LogP contribution in [0, 0.1) is 11.3 Å². The van der Waals surface area contributed by atoms with E-state index in [4.69, 9.17) is 5.26 Å². The third-order valence-electron chi connectivity index (χ3n) is 3.19. The molecule has 1 amide bonds. The van der Waals surface area contributed by atoms with Crippen molar-refractivity contribution in [3.05, 3.63) is 26.4 Å². The van der Waals surface area contributed by atoms with Gasteiger partial charge in [-0.25, -0.2) is 0 Å². The lowest BCUT2D eigenvalue weighted by molar-refractivity contribution is -0.117. The van der Waals surface area contributed by atoms with Gasteiger partial charge in [0.1, 0.15) is 11.6 Å². The van der Waals surface area contributed by atoms with Crippen LogP contribution < -0.4 is 5.32 Å². The SMILES string of the molecule is N#C/C(=C/c1ccc(Br)s1)C(=O)NC1CCCCC1. The number of carbonyl (C=O) groups is 1. The number of hydrogen-bond acceptors (Lipinski definition) is 3. The minimum absolute atomic E-state index is 0.180. The van der Waals surface area contributed by atoms with E-state index in [0.29, 0.717) is 0 Å². The highest BCUT2D eigenvalue weighted by Crippen LogP contribution is 2.24. The molecule has 0 atom stereocenters. The third kappa shape index (κ3) is 4.19. The number of nitrogens with zero attached hydrogens (tertiary/aromatic N) is 1. The van der Waals surface area contributed by atoms with Crippen LogP contribution in [-0.4, -0.2) is 11.9 Å². The summed E-state index contributed by atoms with van der Waals surface area (Å²) in [7, 11) is 0. The Morgan fingerprint density at radius 2 is 2.16 bits per heavy atom. The highest BCUT2D eigenvalue weighted by Gasteiger charge is 2.18. The molecule has 1 saturated carbocycles. The summed E-state index contributed by atoms with van der Waals surface area (Å²) in [5.41, 5.74) is 0.180. The van der Waals surface area contributed by atoms with Crippen molar-refractivity contribution in [2.75, 3.05) is 0 Å². The second kappa shape index (κ2) is 6.88. The van der Waals surface area contributed by atoms with Crippen LogP contribution in [0.4, 0.5) is 0 Å². The fourth-order valence-corrected chi connectivity index (χ4v) is 3.57. The first-order valence-corrected chi connectivity index (χ1v) is 7.98. The van der Waals surface area contributed by atoms with E-state index in [2.05, 4.69) is 21.2 Å². The van der Waals surface area contributed by atoms with Crippen molar-refractivity contribution in [1.82, 2.24) is 5.32 Å². The van der Waals surface area contributed by atoms with Gasteiger partial charge in [0.25, 0.3) is 5.91 Å². The van der Waals surface area contributed by atoms with Crippen molar-refractivity contribution in [3.63, 3.8) is 0 Å². The molecule has 100 valence electrons. The number of hydrogen-bond donors (Lipinski definition) is 1. The molecule has 5 heteroatoms. The Balaban J connectivity index is 2.02. The first-order valence-electron chi connectivity index (χ1n) is 6.37. The molecule has 1 heterocycles. The van der Waals surface area contributed by atoms with Crippen molar-refractivity contribution in [2.45, 2.75) is 38.1 Å². The van der Waals surface area contributed by atoms with Gasteiger partial charge < -0.3 is 5.32 Å². The lowest BCUT2D eigenvalue weighted by Crippen LogP contribution is -2.36. The molecular weight excluding hydrogens is 324 g/mol. The fourth-order valence-electron chi connectivity index (χ4n) is 2.21. The predicted molar refractivity (Wildman–Crippen MR) is 80.6 cm³/mol. The van der Waals surface area contributed by atoms with Crippen LogP contribution in [-0.2, 0) is 4.79 Å². The maximum Gasteiger partial charge on any atom is 0.262 e. The largest absolute Gasteiger partial charge is 0.349 e. The highest BCUT2D eigenvalue weighted by molar-refractivity contribution is 9.11. The summed E-state index contributed by atoms with van der Waals surface area (Å²) in [6.07, 6.45) is 7.26. The average molecular weight is 339 g/mol. The standard InChI is InChI=1S/C14H15BrN2OS/c15-13-7-6-12(19-13)8-10(9-16)14(18)17-11-4-2-1-3-5-11/h6-8,11H,1-5H2,(H,17,18)/b10-8-. The Hall–Kier alpha value is -1.12. The fraction of sp³-hybridized carbons (Fsp3) is 0.429. The molecule has 1 fully saturated rings. The van der Waals surface area contributed by atoms with Crippen molar-refractivity contribution in [3.8, 4) is 6.07 Å². The summed E-state index contributed by atoms with van der Waals surface area (Å²) in [6, 6.07) is 6.02. The quantitative estimate of drug-likeness (QED) is 0.671. The summed E-state index contributed by atoms with van der Waals surface area (Å²) in [5.74, 6) is -0.251. The zero-order chi connectivity index (χ0) is 13.7. The Morgan fingerprint density at radius 1 is 1.42 bits per heavy atom. The van der Waals surface area contributed by atoms with E-state index in [1.165, 1.54) is 17.8 Å². The normalized spacial score (nSPS) is 16.9. The molecule has 0 spiro atoms. The van der Waals surface area contributed by atoms with Crippen LogP contribution in [0.5, 0.6) is 0 Å². The summed E-state index contributed by atoms with van der Waals surface area (Å²) in [6.45, 7) is 0. The molecule has 3 nitrogen and oxygen atoms in total. The second-order valence-corrected chi connectivity index (χ2v) is 7.11. The van der Waals surface area contributed by atoms with E-state index in [1.54, 1.807) is 6.08 Å². The Kier molecular flexibility index (Phi) is 5.17. The lowest BCUT2D eigenvalue weighted by Gasteiger charge is -2.22. The van der Waals surface area contributed by atoms with Crippen molar-refractivity contribution >= 4 is 39.2 Å².